The minimum atomic E-state index is 0.771. The lowest BCUT2D eigenvalue weighted by Crippen LogP contribution is -2.20. The zero-order valence-corrected chi connectivity index (χ0v) is 12.7. The largest absolute Gasteiger partial charge is 0.370 e. The zero-order valence-electron chi connectivity index (χ0n) is 11.9. The van der Waals surface area contributed by atoms with Crippen molar-refractivity contribution in [1.82, 2.24) is 10.3 Å². The highest BCUT2D eigenvalue weighted by Crippen LogP contribution is 2.20. The van der Waals surface area contributed by atoms with Crippen LogP contribution in [-0.4, -0.2) is 18.6 Å². The van der Waals surface area contributed by atoms with Gasteiger partial charge in [-0.05, 0) is 30.3 Å². The van der Waals surface area contributed by atoms with Gasteiger partial charge >= 0.3 is 0 Å². The van der Waals surface area contributed by atoms with Gasteiger partial charge in [0.05, 0.1) is 0 Å². The molecule has 20 heavy (non-hydrogen) atoms. The summed E-state index contributed by atoms with van der Waals surface area (Å²) in [4.78, 5) is 6.45. The van der Waals surface area contributed by atoms with Crippen LogP contribution in [0.15, 0.2) is 42.7 Å². The van der Waals surface area contributed by atoms with E-state index in [1.54, 1.807) is 0 Å². The third kappa shape index (κ3) is 3.95. The summed E-state index contributed by atoms with van der Waals surface area (Å²) in [6, 6.07) is 10.0. The highest BCUT2D eigenvalue weighted by Gasteiger charge is 2.07. The number of nitrogens with zero attached hydrogens (tertiary/aromatic N) is 2. The molecular formula is C16H20ClN3. The van der Waals surface area contributed by atoms with Crippen LogP contribution in [0, 0.1) is 0 Å². The number of pyridine rings is 1. The van der Waals surface area contributed by atoms with Gasteiger partial charge in [-0.15, -0.1) is 0 Å². The Labute approximate surface area is 125 Å². The van der Waals surface area contributed by atoms with Gasteiger partial charge in [-0.3, -0.25) is 4.98 Å². The zero-order chi connectivity index (χ0) is 14.4. The summed E-state index contributed by atoms with van der Waals surface area (Å²) in [5.74, 6) is 0. The molecule has 0 aliphatic rings. The van der Waals surface area contributed by atoms with Crippen LogP contribution >= 0.6 is 11.6 Å². The van der Waals surface area contributed by atoms with Crippen LogP contribution in [0.1, 0.15) is 18.1 Å². The third-order valence-corrected chi connectivity index (χ3v) is 3.44. The summed E-state index contributed by atoms with van der Waals surface area (Å²) < 4.78 is 0. The Kier molecular flexibility index (Phi) is 5.39. The van der Waals surface area contributed by atoms with Crippen molar-refractivity contribution in [2.75, 3.05) is 18.5 Å². The number of nitrogens with one attached hydrogen (secondary N) is 1. The highest BCUT2D eigenvalue weighted by molar-refractivity contribution is 6.30. The van der Waals surface area contributed by atoms with E-state index >= 15 is 0 Å². The molecule has 0 fully saturated rings. The molecule has 1 N–H and O–H groups in total. The molecule has 106 valence electrons. The molecule has 0 amide bonds. The number of hydrogen-bond acceptors (Lipinski definition) is 3. The maximum Gasteiger partial charge on any atom is 0.0443 e. The van der Waals surface area contributed by atoms with E-state index in [4.69, 9.17) is 11.6 Å². The molecule has 2 aromatic rings. The number of anilines is 1. The molecule has 1 heterocycles. The van der Waals surface area contributed by atoms with Crippen LogP contribution in [0.3, 0.4) is 0 Å². The molecule has 1 aromatic carbocycles. The Morgan fingerprint density at radius 3 is 2.65 bits per heavy atom. The van der Waals surface area contributed by atoms with Crippen molar-refractivity contribution < 1.29 is 0 Å². The lowest BCUT2D eigenvalue weighted by molar-refractivity contribution is 0.720. The van der Waals surface area contributed by atoms with Crippen LogP contribution in [-0.2, 0) is 13.1 Å². The Balaban J connectivity index is 2.12. The number of hydrogen-bond donors (Lipinski definition) is 1. The maximum absolute atomic E-state index is 5.92. The van der Waals surface area contributed by atoms with Crippen molar-refractivity contribution in [1.29, 1.82) is 0 Å². The van der Waals surface area contributed by atoms with Gasteiger partial charge in [-0.1, -0.05) is 30.7 Å². The molecule has 3 nitrogen and oxygen atoms in total. The van der Waals surface area contributed by atoms with E-state index in [-0.39, 0.29) is 0 Å². The molecule has 0 atom stereocenters. The summed E-state index contributed by atoms with van der Waals surface area (Å²) >= 11 is 5.92. The smallest absolute Gasteiger partial charge is 0.0443 e. The summed E-state index contributed by atoms with van der Waals surface area (Å²) in [6.45, 7) is 4.74. The fraction of sp³-hybridized carbons (Fsp3) is 0.312. The molecular weight excluding hydrogens is 270 g/mol. The maximum atomic E-state index is 5.92. The molecule has 4 heteroatoms. The number of benzene rings is 1. The van der Waals surface area contributed by atoms with Gasteiger partial charge in [0.25, 0.3) is 0 Å². The molecule has 2 rings (SSSR count). The van der Waals surface area contributed by atoms with Crippen molar-refractivity contribution in [3.05, 3.63) is 58.9 Å². The van der Waals surface area contributed by atoms with E-state index in [1.165, 1.54) is 16.8 Å². The Morgan fingerprint density at radius 1 is 1.20 bits per heavy atom. The van der Waals surface area contributed by atoms with Gasteiger partial charge in [-0.25, -0.2) is 0 Å². The quantitative estimate of drug-likeness (QED) is 0.882. The van der Waals surface area contributed by atoms with Crippen LogP contribution in [0.25, 0.3) is 0 Å². The number of aromatic nitrogens is 1. The number of halogens is 1. The van der Waals surface area contributed by atoms with Gasteiger partial charge in [0.1, 0.15) is 0 Å². The van der Waals surface area contributed by atoms with Crippen molar-refractivity contribution >= 4 is 17.3 Å². The fourth-order valence-electron chi connectivity index (χ4n) is 2.14. The summed E-state index contributed by atoms with van der Waals surface area (Å²) in [6.07, 6.45) is 3.76. The van der Waals surface area contributed by atoms with Gasteiger partial charge < -0.3 is 10.2 Å². The molecule has 0 bridgehead atoms. The van der Waals surface area contributed by atoms with Crippen molar-refractivity contribution in [3.63, 3.8) is 0 Å². The van der Waals surface area contributed by atoms with Crippen molar-refractivity contribution in [2.45, 2.75) is 20.0 Å². The minimum Gasteiger partial charge on any atom is -0.370 e. The van der Waals surface area contributed by atoms with E-state index in [0.29, 0.717) is 0 Å². The Bertz CT molecular complexity index is 540. The van der Waals surface area contributed by atoms with E-state index in [0.717, 1.165) is 24.7 Å². The first-order valence-electron chi connectivity index (χ1n) is 6.80. The average Bonchev–Trinajstić information content (AvgIpc) is 2.47. The fourth-order valence-corrected chi connectivity index (χ4v) is 2.26. The first-order chi connectivity index (χ1) is 9.70. The van der Waals surface area contributed by atoms with Gasteiger partial charge in [-0.2, -0.15) is 0 Å². The lowest BCUT2D eigenvalue weighted by atomic mass is 10.1. The second kappa shape index (κ2) is 7.27. The average molecular weight is 290 g/mol. The normalized spacial score (nSPS) is 10.6. The standard InChI is InChI=1S/C16H20ClN3/c1-3-18-10-14-11-19-9-8-16(14)20(2)12-13-4-6-15(17)7-5-13/h4-9,11,18H,3,10,12H2,1-2H3. The summed E-state index contributed by atoms with van der Waals surface area (Å²) in [7, 11) is 2.10. The van der Waals surface area contributed by atoms with Crippen molar-refractivity contribution in [3.8, 4) is 0 Å². The number of rotatable bonds is 6. The SMILES string of the molecule is CCNCc1cnccc1N(C)Cc1ccc(Cl)cc1. The first kappa shape index (κ1) is 14.8. The van der Waals surface area contributed by atoms with Gasteiger partial charge in [0.15, 0.2) is 0 Å². The molecule has 0 aliphatic heterocycles. The molecule has 0 aliphatic carbocycles. The third-order valence-electron chi connectivity index (χ3n) is 3.19. The monoisotopic (exact) mass is 289 g/mol. The molecule has 0 saturated carbocycles. The topological polar surface area (TPSA) is 28.2 Å². The van der Waals surface area contributed by atoms with E-state index < -0.39 is 0 Å². The van der Waals surface area contributed by atoms with Crippen LogP contribution in [0.5, 0.6) is 0 Å². The van der Waals surface area contributed by atoms with Crippen LogP contribution < -0.4 is 10.2 Å². The minimum absolute atomic E-state index is 0.771. The summed E-state index contributed by atoms with van der Waals surface area (Å²) in [5, 5.41) is 4.12. The lowest BCUT2D eigenvalue weighted by Gasteiger charge is -2.22. The van der Waals surface area contributed by atoms with E-state index in [9.17, 15) is 0 Å². The second-order valence-electron chi connectivity index (χ2n) is 4.77. The highest BCUT2D eigenvalue weighted by atomic mass is 35.5. The van der Waals surface area contributed by atoms with Crippen LogP contribution in [0.4, 0.5) is 5.69 Å². The Morgan fingerprint density at radius 2 is 1.95 bits per heavy atom. The molecule has 0 spiro atoms. The molecule has 0 saturated heterocycles. The summed E-state index contributed by atoms with van der Waals surface area (Å²) in [5.41, 5.74) is 3.66. The molecule has 0 radical (unpaired) electrons. The van der Waals surface area contributed by atoms with E-state index in [2.05, 4.69) is 47.4 Å². The Hall–Kier alpha value is -1.58. The van der Waals surface area contributed by atoms with Crippen LogP contribution in [0.2, 0.25) is 5.02 Å². The van der Waals surface area contributed by atoms with E-state index in [1.807, 2.05) is 24.5 Å². The molecule has 1 aromatic heterocycles. The predicted molar refractivity (Wildman–Crippen MR) is 85.2 cm³/mol. The van der Waals surface area contributed by atoms with Crippen molar-refractivity contribution in [2.24, 2.45) is 0 Å². The molecule has 0 unspecified atom stereocenters. The predicted octanol–water partition coefficient (Wildman–Crippen LogP) is 3.48. The second-order valence-corrected chi connectivity index (χ2v) is 5.20. The van der Waals surface area contributed by atoms with Gasteiger partial charge in [0.2, 0.25) is 0 Å². The van der Waals surface area contributed by atoms with Gasteiger partial charge in [0, 0.05) is 48.8 Å². The first-order valence-corrected chi connectivity index (χ1v) is 7.17.